The van der Waals surface area contributed by atoms with Crippen molar-refractivity contribution in [3.8, 4) is 0 Å². The molecule has 0 aromatic carbocycles. The number of esters is 5. The van der Waals surface area contributed by atoms with Gasteiger partial charge in [-0.05, 0) is 92.4 Å². The molecular weight excluding hydrogens is 791 g/mol. The predicted octanol–water partition coefficient (Wildman–Crippen LogP) is 5.82. The molecule has 0 aromatic heterocycles. The monoisotopic (exact) mass is 850 g/mol. The largest absolute Gasteiger partial charge is 0.509 e. The third-order valence-electron chi connectivity index (χ3n) is 4.76. The van der Waals surface area contributed by atoms with Gasteiger partial charge in [0.05, 0.1) is 57.4 Å². The van der Waals surface area contributed by atoms with E-state index in [0.29, 0.717) is 19.8 Å². The van der Waals surface area contributed by atoms with Crippen LogP contribution in [0.3, 0.4) is 0 Å². The maximum absolute atomic E-state index is 11.2. The van der Waals surface area contributed by atoms with Gasteiger partial charge < -0.3 is 48.1 Å². The maximum atomic E-state index is 11.2. The van der Waals surface area contributed by atoms with Crippen molar-refractivity contribution < 1.29 is 86.5 Å². The molecule has 0 saturated heterocycles. The first-order chi connectivity index (χ1) is 24.1. The van der Waals surface area contributed by atoms with Gasteiger partial charge in [0.1, 0.15) is 19.3 Å². The summed E-state index contributed by atoms with van der Waals surface area (Å²) < 4.78 is 35.9. The molecule has 322 valence electrons. The van der Waals surface area contributed by atoms with Gasteiger partial charge in [0.15, 0.2) is 6.10 Å². The Bertz CT molecular complexity index is 1020. The Balaban J connectivity index is -0.000000110. The number of hydrogen-bond donors (Lipinski definition) is 2. The van der Waals surface area contributed by atoms with Crippen LogP contribution < -0.4 is 0 Å². The molecule has 0 rings (SSSR count). The van der Waals surface area contributed by atoms with Crippen molar-refractivity contribution in [3.63, 3.8) is 0 Å². The second-order valence-corrected chi connectivity index (χ2v) is 10.6. The molecule has 5 unspecified atom stereocenters. The molecule has 0 aliphatic carbocycles. The van der Waals surface area contributed by atoms with Gasteiger partial charge >= 0.3 is 46.1 Å². The molecular formula is C33H61Cl3O18. The van der Waals surface area contributed by atoms with Crippen molar-refractivity contribution in [1.82, 2.24) is 0 Å². The smallest absolute Gasteiger partial charge is 0.466 e. The highest BCUT2D eigenvalue weighted by Crippen LogP contribution is 2.04. The first-order valence-electron chi connectivity index (χ1n) is 15.8. The van der Waals surface area contributed by atoms with Gasteiger partial charge in [-0.3, -0.25) is 19.2 Å². The Labute approximate surface area is 333 Å². The molecule has 0 saturated carbocycles. The lowest BCUT2D eigenvalue weighted by Crippen LogP contribution is -2.28. The molecule has 0 spiro atoms. The molecule has 0 amide bonds. The van der Waals surface area contributed by atoms with Crippen LogP contribution in [-0.2, 0) is 61.9 Å². The third-order valence-corrected chi connectivity index (χ3v) is 4.87. The highest BCUT2D eigenvalue weighted by atomic mass is 35.5. The maximum Gasteiger partial charge on any atom is 0.509 e. The van der Waals surface area contributed by atoms with Crippen molar-refractivity contribution >= 4 is 80.9 Å². The fourth-order valence-electron chi connectivity index (χ4n) is 2.20. The number of aliphatic hydroxyl groups excluding tert-OH is 2. The highest BCUT2D eigenvalue weighted by molar-refractivity contribution is 6.93. The second kappa shape index (κ2) is 44.0. The number of carbonyl (C=O) groups excluding carboxylic acids is 8. The molecule has 0 heterocycles. The molecule has 54 heavy (non-hydrogen) atoms. The summed E-state index contributed by atoms with van der Waals surface area (Å²) in [5.41, 5.74) is -0.911. The van der Waals surface area contributed by atoms with E-state index in [0.717, 1.165) is 0 Å². The molecule has 18 nitrogen and oxygen atoms in total. The van der Waals surface area contributed by atoms with E-state index in [1.807, 2.05) is 0 Å². The number of hydrogen-bond acceptors (Lipinski definition) is 18. The van der Waals surface area contributed by atoms with Crippen LogP contribution in [0.1, 0.15) is 84.1 Å². The Hall–Kier alpha value is -3.45. The minimum atomic E-state index is -1.05. The van der Waals surface area contributed by atoms with Crippen LogP contribution in [0.4, 0.5) is 14.4 Å². The van der Waals surface area contributed by atoms with Crippen LogP contribution >= 0.6 is 34.8 Å². The Morgan fingerprint density at radius 3 is 1.07 bits per heavy atom. The Morgan fingerprint density at radius 2 is 0.796 bits per heavy atom. The van der Waals surface area contributed by atoms with Gasteiger partial charge in [-0.15, -0.1) is 0 Å². The normalized spacial score (nSPS) is 11.8. The first-order valence-corrected chi connectivity index (χ1v) is 16.9. The zero-order valence-corrected chi connectivity index (χ0v) is 33.4. The van der Waals surface area contributed by atoms with Crippen LogP contribution in [0.15, 0.2) is 0 Å². The van der Waals surface area contributed by atoms with Gasteiger partial charge in [-0.2, -0.15) is 0 Å². The number of ether oxygens (including phenoxy) is 8. The van der Waals surface area contributed by atoms with Crippen LogP contribution in [-0.4, -0.2) is 121 Å². The quantitative estimate of drug-likeness (QED) is 0.105. The summed E-state index contributed by atoms with van der Waals surface area (Å²) in [7, 11) is 0. The van der Waals surface area contributed by atoms with Crippen molar-refractivity contribution in [3.05, 3.63) is 0 Å². The minimum absolute atomic E-state index is 0. The van der Waals surface area contributed by atoms with Crippen LogP contribution in [0.2, 0.25) is 0 Å². The van der Waals surface area contributed by atoms with Crippen LogP contribution in [0.25, 0.3) is 0 Å². The van der Waals surface area contributed by atoms with Gasteiger partial charge in [0.2, 0.25) is 0 Å². The van der Waals surface area contributed by atoms with Crippen LogP contribution in [0.5, 0.6) is 0 Å². The van der Waals surface area contributed by atoms with E-state index in [2.05, 4.69) is 51.6 Å². The van der Waals surface area contributed by atoms with Gasteiger partial charge in [-0.25, -0.2) is 19.2 Å². The summed E-state index contributed by atoms with van der Waals surface area (Å²) in [5.74, 6) is -3.85. The zero-order chi connectivity index (χ0) is 41.8. The van der Waals surface area contributed by atoms with Gasteiger partial charge in [-0.1, -0.05) is 14.9 Å². The lowest BCUT2D eigenvalue weighted by molar-refractivity contribution is -0.154. The number of carbonyl (C=O) groups is 8. The summed E-state index contributed by atoms with van der Waals surface area (Å²) in [6.45, 7) is 17.1. The lowest BCUT2D eigenvalue weighted by Gasteiger charge is -2.13. The molecule has 0 fully saturated rings. The molecule has 5 atom stereocenters. The minimum Gasteiger partial charge on any atom is -0.466 e. The van der Waals surface area contributed by atoms with E-state index in [9.17, 15) is 33.6 Å². The second-order valence-electron chi connectivity index (χ2n) is 9.42. The molecule has 21 heteroatoms. The van der Waals surface area contributed by atoms with Gasteiger partial charge in [0, 0.05) is 11.6 Å². The predicted molar refractivity (Wildman–Crippen MR) is 199 cm³/mol. The number of aliphatic hydroxyl groups is 2. The van der Waals surface area contributed by atoms with E-state index in [1.54, 1.807) is 55.4 Å². The fraction of sp³-hybridized carbons (Fsp3) is 0.758. The van der Waals surface area contributed by atoms with E-state index in [4.69, 9.17) is 36.1 Å². The average molecular weight is 852 g/mol. The average Bonchev–Trinajstić information content (AvgIpc) is 3.06. The zero-order valence-electron chi connectivity index (χ0n) is 31.1. The number of halogens is 3. The summed E-state index contributed by atoms with van der Waals surface area (Å²) in [6, 6.07) is 0. The topological polar surface area (TPSA) is 251 Å². The molecule has 0 bridgehead atoms. The van der Waals surface area contributed by atoms with Gasteiger partial charge in [0.25, 0.3) is 0 Å². The molecule has 0 aliphatic rings. The van der Waals surface area contributed by atoms with Crippen LogP contribution in [0, 0.1) is 17.8 Å². The van der Waals surface area contributed by atoms with E-state index >= 15 is 0 Å². The summed E-state index contributed by atoms with van der Waals surface area (Å²) >= 11 is 13.7. The Morgan fingerprint density at radius 1 is 0.500 bits per heavy atom. The third kappa shape index (κ3) is 48.5. The van der Waals surface area contributed by atoms with E-state index < -0.39 is 64.2 Å². The summed E-state index contributed by atoms with van der Waals surface area (Å²) in [5, 5.41) is 16.9. The van der Waals surface area contributed by atoms with E-state index in [1.165, 1.54) is 13.8 Å². The first kappa shape index (κ1) is 65.4. The SMILES string of the molecule is C.C.CCOC(=O)C(C)CO.CCOC(=O)C(C)COC(=O)Cl.CCOC(=O)C(C)COC(=O)OC(C)C(=O)OCC.CCOC(=O)C(C)O.O=C(Cl)Cl. The summed E-state index contributed by atoms with van der Waals surface area (Å²) in [6.07, 6.45) is -3.07. The van der Waals surface area contributed by atoms with Crippen molar-refractivity contribution in [2.45, 2.75) is 96.3 Å². The van der Waals surface area contributed by atoms with Crippen molar-refractivity contribution in [1.29, 1.82) is 0 Å². The summed E-state index contributed by atoms with van der Waals surface area (Å²) in [4.78, 5) is 84.5. The van der Waals surface area contributed by atoms with E-state index in [-0.39, 0.29) is 59.8 Å². The standard InChI is InChI=1S/C12H20O7.C7H11ClO4.C6H12O3.C5H10O3.CCl2O.2CH4/c1-5-16-10(13)8(3)7-18-12(15)19-9(4)11(14)17-6-2;1-3-11-6(9)5(2)4-12-7(8)10;1-3-9-6(8)5(2)4-7;1-3-8-5(7)4(2)6;2-1(3)4;;/h8-9H,5-7H2,1-4H3;5H,3-4H2,1-2H3;5,7H,3-4H2,1-2H3;4,6H,3H2,1-2H3;;2*1H4. The molecule has 0 radical (unpaired) electrons. The number of rotatable bonds is 16. The molecule has 2 N–H and O–H groups in total. The fourth-order valence-corrected chi connectivity index (χ4v) is 2.26. The molecule has 0 aromatic rings. The lowest BCUT2D eigenvalue weighted by atomic mass is 10.2. The highest BCUT2D eigenvalue weighted by Gasteiger charge is 2.22. The van der Waals surface area contributed by atoms with Crippen molar-refractivity contribution in [2.75, 3.05) is 52.9 Å². The Kier molecular flexibility index (Phi) is 53.3. The molecule has 0 aliphatic heterocycles. The van der Waals surface area contributed by atoms with Crippen molar-refractivity contribution in [2.24, 2.45) is 17.8 Å².